The molecule has 0 heterocycles. The van der Waals surface area contributed by atoms with Crippen molar-refractivity contribution in [1.29, 1.82) is 0 Å². The van der Waals surface area contributed by atoms with Gasteiger partial charge in [0.2, 0.25) is 0 Å². The number of hydrogen-bond acceptors (Lipinski definition) is 1. The Balaban J connectivity index is 2.69. The normalized spacial score (nSPS) is 11.8. The Hall–Kier alpha value is -0.950. The maximum atomic E-state index is 5.63. The van der Waals surface area contributed by atoms with Crippen LogP contribution in [0.5, 0.6) is 5.75 Å². The van der Waals surface area contributed by atoms with E-state index in [4.69, 9.17) is 16.3 Å². The molecule has 0 unspecified atom stereocenters. The van der Waals surface area contributed by atoms with Crippen LogP contribution in [0.25, 0.3) is 0 Å². The lowest BCUT2D eigenvalue weighted by molar-refractivity contribution is 0.370. The van der Waals surface area contributed by atoms with Gasteiger partial charge in [0, 0.05) is 11.5 Å². The third kappa shape index (κ3) is 3.11. The van der Waals surface area contributed by atoms with Crippen molar-refractivity contribution in [3.8, 4) is 5.75 Å². The summed E-state index contributed by atoms with van der Waals surface area (Å²) >= 11 is 5.63. The molecule has 0 saturated heterocycles. The molecule has 13 heavy (non-hydrogen) atoms. The van der Waals surface area contributed by atoms with Gasteiger partial charge < -0.3 is 4.74 Å². The molecule has 0 aliphatic heterocycles. The van der Waals surface area contributed by atoms with E-state index in [-0.39, 0.29) is 0 Å². The van der Waals surface area contributed by atoms with Crippen molar-refractivity contribution in [3.63, 3.8) is 0 Å². The van der Waals surface area contributed by atoms with E-state index in [1.165, 1.54) is 5.54 Å². The van der Waals surface area contributed by atoms with Crippen molar-refractivity contribution in [1.82, 2.24) is 0 Å². The molecule has 1 rings (SSSR count). The Labute approximate surface area is 84.0 Å². The van der Waals surface area contributed by atoms with Gasteiger partial charge >= 0.3 is 0 Å². The molecule has 2 heteroatoms. The number of para-hydroxylation sites is 1. The Morgan fingerprint density at radius 2 is 1.92 bits per heavy atom. The van der Waals surface area contributed by atoms with E-state index in [1.54, 1.807) is 0 Å². The second kappa shape index (κ2) is 4.93. The highest BCUT2D eigenvalue weighted by atomic mass is 35.5. The SMILES string of the molecule is CC(C)C(=CCl)Oc1ccccc1. The zero-order chi connectivity index (χ0) is 9.68. The van der Waals surface area contributed by atoms with E-state index in [1.807, 2.05) is 44.2 Å². The molecular formula is C11H13ClO. The zero-order valence-electron chi connectivity index (χ0n) is 7.83. The molecule has 1 aromatic rings. The number of rotatable bonds is 3. The van der Waals surface area contributed by atoms with Crippen molar-refractivity contribution in [2.24, 2.45) is 5.92 Å². The molecule has 0 radical (unpaired) electrons. The summed E-state index contributed by atoms with van der Waals surface area (Å²) in [6, 6.07) is 9.63. The summed E-state index contributed by atoms with van der Waals surface area (Å²) in [6.45, 7) is 4.08. The predicted octanol–water partition coefficient (Wildman–Crippen LogP) is 3.80. The lowest BCUT2D eigenvalue weighted by Crippen LogP contribution is -2.01. The maximum absolute atomic E-state index is 5.63. The van der Waals surface area contributed by atoms with Crippen LogP contribution in [-0.4, -0.2) is 0 Å². The predicted molar refractivity (Wildman–Crippen MR) is 55.8 cm³/mol. The third-order valence-electron chi connectivity index (χ3n) is 1.66. The summed E-state index contributed by atoms with van der Waals surface area (Å²) in [5.74, 6) is 1.91. The van der Waals surface area contributed by atoms with E-state index < -0.39 is 0 Å². The molecule has 0 fully saturated rings. The molecule has 0 bridgehead atoms. The number of allylic oxidation sites excluding steroid dienone is 1. The molecule has 1 aromatic carbocycles. The van der Waals surface area contributed by atoms with Crippen molar-refractivity contribution in [2.75, 3.05) is 0 Å². The first-order chi connectivity index (χ1) is 6.24. The highest BCUT2D eigenvalue weighted by Crippen LogP contribution is 2.18. The largest absolute Gasteiger partial charge is 0.461 e. The van der Waals surface area contributed by atoms with Gasteiger partial charge in [0.1, 0.15) is 11.5 Å². The van der Waals surface area contributed by atoms with E-state index in [2.05, 4.69) is 0 Å². The van der Waals surface area contributed by atoms with E-state index in [0.29, 0.717) is 5.92 Å². The minimum Gasteiger partial charge on any atom is -0.461 e. The number of hydrogen-bond donors (Lipinski definition) is 0. The van der Waals surface area contributed by atoms with Gasteiger partial charge in [-0.25, -0.2) is 0 Å². The molecule has 0 saturated carbocycles. The lowest BCUT2D eigenvalue weighted by atomic mass is 10.2. The van der Waals surface area contributed by atoms with Crippen LogP contribution in [-0.2, 0) is 0 Å². The van der Waals surface area contributed by atoms with Crippen LogP contribution in [0.15, 0.2) is 41.6 Å². The van der Waals surface area contributed by atoms with Gasteiger partial charge in [-0.15, -0.1) is 0 Å². The van der Waals surface area contributed by atoms with Crippen LogP contribution in [0, 0.1) is 5.92 Å². The van der Waals surface area contributed by atoms with E-state index in [0.717, 1.165) is 11.5 Å². The Morgan fingerprint density at radius 3 is 2.38 bits per heavy atom. The molecule has 1 nitrogen and oxygen atoms in total. The molecule has 0 spiro atoms. The minimum absolute atomic E-state index is 0.303. The zero-order valence-corrected chi connectivity index (χ0v) is 8.58. The number of benzene rings is 1. The van der Waals surface area contributed by atoms with Crippen LogP contribution >= 0.6 is 11.6 Å². The lowest BCUT2D eigenvalue weighted by Gasteiger charge is -2.11. The maximum Gasteiger partial charge on any atom is 0.126 e. The average Bonchev–Trinajstić information content (AvgIpc) is 2.15. The molecule has 0 aliphatic rings. The van der Waals surface area contributed by atoms with Crippen molar-refractivity contribution in [3.05, 3.63) is 41.6 Å². The van der Waals surface area contributed by atoms with Gasteiger partial charge in [-0.3, -0.25) is 0 Å². The summed E-state index contributed by atoms with van der Waals surface area (Å²) in [4.78, 5) is 0. The second-order valence-corrected chi connectivity index (χ2v) is 3.30. The summed E-state index contributed by atoms with van der Waals surface area (Å²) < 4.78 is 5.55. The van der Waals surface area contributed by atoms with Gasteiger partial charge in [-0.05, 0) is 12.1 Å². The molecule has 0 atom stereocenters. The molecule has 70 valence electrons. The number of ether oxygens (including phenoxy) is 1. The monoisotopic (exact) mass is 196 g/mol. The second-order valence-electron chi connectivity index (χ2n) is 3.08. The molecular weight excluding hydrogens is 184 g/mol. The van der Waals surface area contributed by atoms with E-state index >= 15 is 0 Å². The fourth-order valence-corrected chi connectivity index (χ4v) is 1.19. The molecule has 0 aromatic heterocycles. The van der Waals surface area contributed by atoms with Crippen molar-refractivity contribution >= 4 is 11.6 Å². The Morgan fingerprint density at radius 1 is 1.31 bits per heavy atom. The van der Waals surface area contributed by atoms with Gasteiger partial charge in [0.05, 0.1) is 0 Å². The molecule has 0 N–H and O–H groups in total. The van der Waals surface area contributed by atoms with Crippen LogP contribution in [0.3, 0.4) is 0 Å². The standard InChI is InChI=1S/C11H13ClO/c1-9(2)11(8-12)13-10-6-4-3-5-7-10/h3-9H,1-2H3. The first kappa shape index (κ1) is 10.1. The summed E-state index contributed by atoms with van der Waals surface area (Å²) in [7, 11) is 0. The van der Waals surface area contributed by atoms with Crippen LogP contribution in [0.4, 0.5) is 0 Å². The van der Waals surface area contributed by atoms with Crippen LogP contribution < -0.4 is 4.74 Å². The highest BCUT2D eigenvalue weighted by molar-refractivity contribution is 6.25. The third-order valence-corrected chi connectivity index (χ3v) is 1.87. The first-order valence-electron chi connectivity index (χ1n) is 4.27. The van der Waals surface area contributed by atoms with Crippen LogP contribution in [0.2, 0.25) is 0 Å². The molecule has 0 amide bonds. The number of halogens is 1. The van der Waals surface area contributed by atoms with Gasteiger partial charge in [-0.1, -0.05) is 43.6 Å². The molecule has 0 aliphatic carbocycles. The van der Waals surface area contributed by atoms with Crippen molar-refractivity contribution < 1.29 is 4.74 Å². The Bertz CT molecular complexity index is 277. The first-order valence-corrected chi connectivity index (χ1v) is 4.71. The van der Waals surface area contributed by atoms with Gasteiger partial charge in [0.15, 0.2) is 0 Å². The highest BCUT2D eigenvalue weighted by Gasteiger charge is 2.04. The fraction of sp³-hybridized carbons (Fsp3) is 0.273. The van der Waals surface area contributed by atoms with Gasteiger partial charge in [0.25, 0.3) is 0 Å². The summed E-state index contributed by atoms with van der Waals surface area (Å²) in [5, 5.41) is 0. The minimum atomic E-state index is 0.303. The quantitative estimate of drug-likeness (QED) is 0.669. The summed E-state index contributed by atoms with van der Waals surface area (Å²) in [6.07, 6.45) is 0. The fourth-order valence-electron chi connectivity index (χ4n) is 0.891. The topological polar surface area (TPSA) is 9.23 Å². The van der Waals surface area contributed by atoms with E-state index in [9.17, 15) is 0 Å². The smallest absolute Gasteiger partial charge is 0.126 e. The average molecular weight is 197 g/mol. The van der Waals surface area contributed by atoms with Crippen molar-refractivity contribution in [2.45, 2.75) is 13.8 Å². The van der Waals surface area contributed by atoms with Crippen LogP contribution in [0.1, 0.15) is 13.8 Å². The Kier molecular flexibility index (Phi) is 3.84. The summed E-state index contributed by atoms with van der Waals surface area (Å²) in [5.41, 5.74) is 1.48. The van der Waals surface area contributed by atoms with Gasteiger partial charge in [-0.2, -0.15) is 0 Å².